The van der Waals surface area contributed by atoms with Gasteiger partial charge < -0.3 is 9.47 Å². The number of hydrogen-bond acceptors (Lipinski definition) is 5. The summed E-state index contributed by atoms with van der Waals surface area (Å²) < 4.78 is 12.7. The maximum atomic E-state index is 5.58. The summed E-state index contributed by atoms with van der Waals surface area (Å²) >= 11 is 0. The third kappa shape index (κ3) is 1.61. The average molecular weight is 246 g/mol. The molecule has 2 aromatic rings. The van der Waals surface area contributed by atoms with Gasteiger partial charge in [-0.15, -0.1) is 5.10 Å². The lowest BCUT2D eigenvalue weighted by atomic mass is 10.0. The summed E-state index contributed by atoms with van der Waals surface area (Å²) in [4.78, 5) is 0. The molecule has 3 rings (SSSR count). The van der Waals surface area contributed by atoms with Crippen LogP contribution in [0.1, 0.15) is 18.3 Å². The first-order valence-electron chi connectivity index (χ1n) is 5.94. The van der Waals surface area contributed by atoms with Gasteiger partial charge in [-0.3, -0.25) is 0 Å². The number of rotatable bonds is 3. The Morgan fingerprint density at radius 1 is 1.28 bits per heavy atom. The molecule has 0 atom stereocenters. The van der Waals surface area contributed by atoms with E-state index in [0.29, 0.717) is 12.4 Å². The molecule has 0 N–H and O–H groups in total. The molecular formula is C12H14N4O2. The van der Waals surface area contributed by atoms with E-state index >= 15 is 0 Å². The predicted molar refractivity (Wildman–Crippen MR) is 64.3 cm³/mol. The van der Waals surface area contributed by atoms with Crippen molar-refractivity contribution in [1.29, 1.82) is 0 Å². The fourth-order valence-corrected chi connectivity index (χ4v) is 2.21. The molecule has 0 spiro atoms. The molecule has 94 valence electrons. The zero-order valence-electron chi connectivity index (χ0n) is 10.4. The highest BCUT2D eigenvalue weighted by Gasteiger charge is 2.21. The fraction of sp³-hybridized carbons (Fsp3) is 0.417. The zero-order valence-corrected chi connectivity index (χ0v) is 10.4. The molecule has 0 radical (unpaired) electrons. The van der Waals surface area contributed by atoms with Crippen molar-refractivity contribution in [2.45, 2.75) is 19.8 Å². The van der Waals surface area contributed by atoms with E-state index in [2.05, 4.69) is 15.5 Å². The second kappa shape index (κ2) is 4.29. The van der Waals surface area contributed by atoms with Crippen LogP contribution in [-0.2, 0) is 12.8 Å². The van der Waals surface area contributed by atoms with E-state index in [4.69, 9.17) is 9.47 Å². The lowest BCUT2D eigenvalue weighted by molar-refractivity contribution is 0.310. The Hall–Kier alpha value is -2.11. The standard InChI is InChI=1S/C12H14N4O2/c1-3-18-11-6-8-4-5-12-13-14-15-16(12)9(8)7-10(11)17-2/h6-7H,3-5H2,1-2H3. The van der Waals surface area contributed by atoms with Gasteiger partial charge in [0.25, 0.3) is 0 Å². The Balaban J connectivity index is 2.14. The van der Waals surface area contributed by atoms with Gasteiger partial charge in [0.2, 0.25) is 0 Å². The first kappa shape index (κ1) is 11.0. The van der Waals surface area contributed by atoms with Crippen LogP contribution < -0.4 is 9.47 Å². The van der Waals surface area contributed by atoms with Crippen LogP contribution in [0.25, 0.3) is 5.69 Å². The first-order chi connectivity index (χ1) is 8.83. The van der Waals surface area contributed by atoms with E-state index in [1.807, 2.05) is 19.1 Å². The van der Waals surface area contributed by atoms with Crippen molar-refractivity contribution < 1.29 is 9.47 Å². The van der Waals surface area contributed by atoms with Crippen molar-refractivity contribution in [3.05, 3.63) is 23.5 Å². The number of methoxy groups -OCH3 is 1. The number of tetrazole rings is 1. The molecule has 1 aliphatic rings. The second-order valence-corrected chi connectivity index (χ2v) is 4.07. The van der Waals surface area contributed by atoms with Crippen LogP contribution in [0.5, 0.6) is 11.5 Å². The van der Waals surface area contributed by atoms with Crippen LogP contribution in [0, 0.1) is 0 Å². The molecule has 6 nitrogen and oxygen atoms in total. The number of aryl methyl sites for hydroxylation is 2. The molecule has 1 aliphatic heterocycles. The van der Waals surface area contributed by atoms with Gasteiger partial charge in [-0.2, -0.15) is 4.68 Å². The summed E-state index contributed by atoms with van der Waals surface area (Å²) in [5.74, 6) is 2.36. The van der Waals surface area contributed by atoms with E-state index in [0.717, 1.165) is 30.1 Å². The molecular weight excluding hydrogens is 232 g/mol. The lowest BCUT2D eigenvalue weighted by Crippen LogP contribution is -2.14. The molecule has 0 amide bonds. The molecule has 0 fully saturated rings. The molecule has 0 saturated carbocycles. The van der Waals surface area contributed by atoms with E-state index in [1.54, 1.807) is 11.8 Å². The summed E-state index contributed by atoms with van der Waals surface area (Å²) in [5.41, 5.74) is 2.15. The summed E-state index contributed by atoms with van der Waals surface area (Å²) in [6.45, 7) is 2.57. The van der Waals surface area contributed by atoms with Crippen molar-refractivity contribution >= 4 is 0 Å². The van der Waals surface area contributed by atoms with Crippen LogP contribution in [0.3, 0.4) is 0 Å². The minimum atomic E-state index is 0.616. The van der Waals surface area contributed by atoms with Crippen molar-refractivity contribution in [2.75, 3.05) is 13.7 Å². The number of nitrogens with zero attached hydrogens (tertiary/aromatic N) is 4. The maximum absolute atomic E-state index is 5.58. The third-order valence-corrected chi connectivity index (χ3v) is 3.04. The molecule has 0 unspecified atom stereocenters. The smallest absolute Gasteiger partial charge is 0.162 e. The number of fused-ring (bicyclic) bond motifs is 3. The van der Waals surface area contributed by atoms with Crippen LogP contribution in [0.2, 0.25) is 0 Å². The Morgan fingerprint density at radius 2 is 2.17 bits per heavy atom. The summed E-state index contributed by atoms with van der Waals surface area (Å²) in [6.07, 6.45) is 1.76. The summed E-state index contributed by atoms with van der Waals surface area (Å²) in [5, 5.41) is 11.7. The largest absolute Gasteiger partial charge is 0.493 e. The minimum absolute atomic E-state index is 0.616. The summed E-state index contributed by atoms with van der Waals surface area (Å²) in [7, 11) is 1.63. The van der Waals surface area contributed by atoms with Gasteiger partial charge in [0.05, 0.1) is 19.4 Å². The fourth-order valence-electron chi connectivity index (χ4n) is 2.21. The van der Waals surface area contributed by atoms with Gasteiger partial charge in [-0.05, 0) is 35.4 Å². The highest BCUT2D eigenvalue weighted by molar-refractivity contribution is 5.55. The molecule has 6 heteroatoms. The molecule has 2 heterocycles. The topological polar surface area (TPSA) is 62.1 Å². The van der Waals surface area contributed by atoms with E-state index < -0.39 is 0 Å². The lowest BCUT2D eigenvalue weighted by Gasteiger charge is -2.19. The SMILES string of the molecule is CCOc1cc2c(cc1OC)-n1nnnc1CC2. The van der Waals surface area contributed by atoms with Gasteiger partial charge in [0.1, 0.15) is 0 Å². The van der Waals surface area contributed by atoms with Crippen LogP contribution in [-0.4, -0.2) is 33.9 Å². The summed E-state index contributed by atoms with van der Waals surface area (Å²) in [6, 6.07) is 3.95. The van der Waals surface area contributed by atoms with Crippen LogP contribution in [0.15, 0.2) is 12.1 Å². The Labute approximate surface area is 105 Å². The first-order valence-corrected chi connectivity index (χ1v) is 5.94. The van der Waals surface area contributed by atoms with Gasteiger partial charge in [0.15, 0.2) is 17.3 Å². The van der Waals surface area contributed by atoms with Crippen molar-refractivity contribution in [1.82, 2.24) is 20.2 Å². The number of hydrogen-bond donors (Lipinski definition) is 0. The zero-order chi connectivity index (χ0) is 12.5. The van der Waals surface area contributed by atoms with Crippen LogP contribution >= 0.6 is 0 Å². The van der Waals surface area contributed by atoms with Crippen molar-refractivity contribution in [3.8, 4) is 17.2 Å². The average Bonchev–Trinajstić information content (AvgIpc) is 2.86. The van der Waals surface area contributed by atoms with E-state index in [9.17, 15) is 0 Å². The highest BCUT2D eigenvalue weighted by atomic mass is 16.5. The third-order valence-electron chi connectivity index (χ3n) is 3.04. The molecule has 1 aromatic heterocycles. The van der Waals surface area contributed by atoms with Gasteiger partial charge >= 0.3 is 0 Å². The van der Waals surface area contributed by atoms with Gasteiger partial charge in [-0.1, -0.05) is 0 Å². The second-order valence-electron chi connectivity index (χ2n) is 4.07. The quantitative estimate of drug-likeness (QED) is 0.813. The van der Waals surface area contributed by atoms with Crippen molar-refractivity contribution in [3.63, 3.8) is 0 Å². The Morgan fingerprint density at radius 3 is 2.94 bits per heavy atom. The molecule has 1 aromatic carbocycles. The van der Waals surface area contributed by atoms with Crippen LogP contribution in [0.4, 0.5) is 0 Å². The molecule has 0 saturated heterocycles. The predicted octanol–water partition coefficient (Wildman–Crippen LogP) is 1.17. The van der Waals surface area contributed by atoms with E-state index in [1.165, 1.54) is 5.56 Å². The molecule has 0 bridgehead atoms. The Bertz CT molecular complexity index is 579. The number of aromatic nitrogens is 4. The Kier molecular flexibility index (Phi) is 2.62. The molecule has 18 heavy (non-hydrogen) atoms. The normalized spacial score (nSPS) is 12.8. The highest BCUT2D eigenvalue weighted by Crippen LogP contribution is 2.34. The monoisotopic (exact) mass is 246 g/mol. The van der Waals surface area contributed by atoms with Crippen molar-refractivity contribution in [2.24, 2.45) is 0 Å². The number of ether oxygens (including phenoxy) is 2. The van der Waals surface area contributed by atoms with E-state index in [-0.39, 0.29) is 0 Å². The molecule has 0 aliphatic carbocycles. The van der Waals surface area contributed by atoms with Gasteiger partial charge in [-0.25, -0.2) is 0 Å². The number of benzene rings is 1. The maximum Gasteiger partial charge on any atom is 0.162 e. The van der Waals surface area contributed by atoms with Gasteiger partial charge in [0, 0.05) is 12.5 Å². The minimum Gasteiger partial charge on any atom is -0.493 e.